The lowest BCUT2D eigenvalue weighted by molar-refractivity contribution is -0.148. The minimum absolute atomic E-state index is 0.0746. The molecule has 1 aliphatic rings. The fraction of sp³-hybridized carbons (Fsp3) is 0.529. The molecule has 1 heterocycles. The van der Waals surface area contributed by atoms with Gasteiger partial charge in [0.15, 0.2) is 0 Å². The number of carbonyl (C=O) groups is 2. The maximum atomic E-state index is 12.5. The van der Waals surface area contributed by atoms with Crippen molar-refractivity contribution >= 4 is 11.8 Å². The second-order valence-corrected chi connectivity index (χ2v) is 5.96. The van der Waals surface area contributed by atoms with Gasteiger partial charge in [0.05, 0.1) is 12.5 Å². The number of ether oxygens (including phenoxy) is 1. The van der Waals surface area contributed by atoms with Crippen LogP contribution < -0.4 is 5.73 Å². The molecule has 0 aliphatic carbocycles. The fourth-order valence-electron chi connectivity index (χ4n) is 2.75. The first-order chi connectivity index (χ1) is 10.5. The normalized spacial score (nSPS) is 23.1. The molecule has 1 fully saturated rings. The Hall–Kier alpha value is -1.88. The Morgan fingerprint density at radius 3 is 2.64 bits per heavy atom. The van der Waals surface area contributed by atoms with Gasteiger partial charge in [-0.25, -0.2) is 0 Å². The number of hydrogen-bond acceptors (Lipinski definition) is 3. The fourth-order valence-corrected chi connectivity index (χ4v) is 2.75. The molecule has 22 heavy (non-hydrogen) atoms. The predicted octanol–water partition coefficient (Wildman–Crippen LogP) is 1.70. The van der Waals surface area contributed by atoms with E-state index in [2.05, 4.69) is 0 Å². The van der Waals surface area contributed by atoms with E-state index in [9.17, 15) is 9.59 Å². The number of amides is 2. The third kappa shape index (κ3) is 4.07. The molecule has 1 aliphatic heterocycles. The van der Waals surface area contributed by atoms with E-state index in [0.717, 1.165) is 18.4 Å². The number of rotatable bonds is 5. The van der Waals surface area contributed by atoms with Crippen molar-refractivity contribution in [3.63, 3.8) is 0 Å². The first-order valence-corrected chi connectivity index (χ1v) is 7.74. The number of likely N-dealkylation sites (tertiary alicyclic amines) is 1. The van der Waals surface area contributed by atoms with Crippen LogP contribution in [-0.2, 0) is 20.9 Å². The first-order valence-electron chi connectivity index (χ1n) is 7.74. The molecule has 3 unspecified atom stereocenters. The van der Waals surface area contributed by atoms with Crippen molar-refractivity contribution < 1.29 is 14.3 Å². The lowest BCUT2D eigenvalue weighted by atomic mass is 9.92. The van der Waals surface area contributed by atoms with Crippen molar-refractivity contribution in [3.05, 3.63) is 35.9 Å². The lowest BCUT2D eigenvalue weighted by Gasteiger charge is -2.38. The van der Waals surface area contributed by atoms with E-state index in [1.807, 2.05) is 37.3 Å². The molecule has 0 aromatic heterocycles. The van der Waals surface area contributed by atoms with Crippen LogP contribution in [0.5, 0.6) is 0 Å². The van der Waals surface area contributed by atoms with Gasteiger partial charge in [0.25, 0.3) is 5.91 Å². The number of primary amides is 1. The molecular weight excluding hydrogens is 280 g/mol. The van der Waals surface area contributed by atoms with Crippen LogP contribution in [-0.4, -0.2) is 35.4 Å². The molecule has 0 bridgehead atoms. The van der Waals surface area contributed by atoms with E-state index in [0.29, 0.717) is 13.2 Å². The van der Waals surface area contributed by atoms with Gasteiger partial charge in [-0.2, -0.15) is 0 Å². The summed E-state index contributed by atoms with van der Waals surface area (Å²) in [5.74, 6) is -0.654. The Morgan fingerprint density at radius 1 is 1.32 bits per heavy atom. The van der Waals surface area contributed by atoms with Crippen molar-refractivity contribution in [1.29, 1.82) is 0 Å². The maximum Gasteiger partial charge on any atom is 0.251 e. The SMILES string of the molecule is CC(OCc1ccccc1)C(=O)N1CC(C(N)=O)CCC1C. The van der Waals surface area contributed by atoms with Gasteiger partial charge in [-0.15, -0.1) is 0 Å². The summed E-state index contributed by atoms with van der Waals surface area (Å²) in [6.07, 6.45) is 1.01. The quantitative estimate of drug-likeness (QED) is 0.900. The van der Waals surface area contributed by atoms with Crippen LogP contribution >= 0.6 is 0 Å². The lowest BCUT2D eigenvalue weighted by Crippen LogP contribution is -2.51. The Bertz CT molecular complexity index is 518. The summed E-state index contributed by atoms with van der Waals surface area (Å²) in [5, 5.41) is 0. The molecule has 2 N–H and O–H groups in total. The van der Waals surface area contributed by atoms with Gasteiger partial charge in [0.1, 0.15) is 6.10 Å². The van der Waals surface area contributed by atoms with Crippen molar-refractivity contribution in [1.82, 2.24) is 4.90 Å². The Kier molecular flexibility index (Phi) is 5.55. The molecule has 0 spiro atoms. The number of hydrogen-bond donors (Lipinski definition) is 1. The number of benzene rings is 1. The molecule has 5 heteroatoms. The molecule has 0 saturated carbocycles. The van der Waals surface area contributed by atoms with E-state index < -0.39 is 6.10 Å². The summed E-state index contributed by atoms with van der Waals surface area (Å²) in [7, 11) is 0. The Balaban J connectivity index is 1.92. The highest BCUT2D eigenvalue weighted by Gasteiger charge is 2.33. The molecule has 120 valence electrons. The highest BCUT2D eigenvalue weighted by molar-refractivity contribution is 5.83. The van der Waals surface area contributed by atoms with Crippen LogP contribution in [0.1, 0.15) is 32.3 Å². The standard InChI is InChI=1S/C17H24N2O3/c1-12-8-9-15(16(18)20)10-19(12)17(21)13(2)22-11-14-6-4-3-5-7-14/h3-7,12-13,15H,8-11H2,1-2H3,(H2,18,20). The summed E-state index contributed by atoms with van der Waals surface area (Å²) in [5.41, 5.74) is 6.41. The third-order valence-electron chi connectivity index (χ3n) is 4.26. The summed E-state index contributed by atoms with van der Waals surface area (Å²) >= 11 is 0. The summed E-state index contributed by atoms with van der Waals surface area (Å²) < 4.78 is 5.68. The van der Waals surface area contributed by atoms with E-state index in [1.165, 1.54) is 0 Å². The second kappa shape index (κ2) is 7.40. The van der Waals surface area contributed by atoms with Crippen LogP contribution in [0.15, 0.2) is 30.3 Å². The first kappa shape index (κ1) is 16.5. The number of piperidine rings is 1. The van der Waals surface area contributed by atoms with Gasteiger partial charge < -0.3 is 15.4 Å². The minimum atomic E-state index is -0.533. The highest BCUT2D eigenvalue weighted by Crippen LogP contribution is 2.23. The molecule has 1 aromatic rings. The average molecular weight is 304 g/mol. The Labute approximate surface area is 131 Å². The summed E-state index contributed by atoms with van der Waals surface area (Å²) in [6.45, 7) is 4.55. The van der Waals surface area contributed by atoms with Gasteiger partial charge in [-0.3, -0.25) is 9.59 Å². The molecule has 2 rings (SSSR count). The van der Waals surface area contributed by atoms with Crippen molar-refractivity contribution in [3.8, 4) is 0 Å². The van der Waals surface area contributed by atoms with Gasteiger partial charge in [0, 0.05) is 12.6 Å². The molecule has 1 saturated heterocycles. The zero-order chi connectivity index (χ0) is 16.1. The molecular formula is C17H24N2O3. The average Bonchev–Trinajstić information content (AvgIpc) is 2.53. The van der Waals surface area contributed by atoms with E-state index in [1.54, 1.807) is 11.8 Å². The number of nitrogens with two attached hydrogens (primary N) is 1. The summed E-state index contributed by atoms with van der Waals surface area (Å²) in [6, 6.07) is 9.86. The van der Waals surface area contributed by atoms with Gasteiger partial charge in [0.2, 0.25) is 5.91 Å². The molecule has 5 nitrogen and oxygen atoms in total. The van der Waals surface area contributed by atoms with Crippen LogP contribution in [0.3, 0.4) is 0 Å². The molecule has 3 atom stereocenters. The summed E-state index contributed by atoms with van der Waals surface area (Å²) in [4.78, 5) is 25.6. The van der Waals surface area contributed by atoms with Gasteiger partial charge >= 0.3 is 0 Å². The van der Waals surface area contributed by atoms with E-state index in [4.69, 9.17) is 10.5 Å². The van der Waals surface area contributed by atoms with Gasteiger partial charge in [-0.1, -0.05) is 30.3 Å². The minimum Gasteiger partial charge on any atom is -0.369 e. The highest BCUT2D eigenvalue weighted by atomic mass is 16.5. The zero-order valence-electron chi connectivity index (χ0n) is 13.2. The van der Waals surface area contributed by atoms with Crippen molar-refractivity contribution in [2.75, 3.05) is 6.54 Å². The predicted molar refractivity (Wildman–Crippen MR) is 83.8 cm³/mol. The number of carbonyl (C=O) groups excluding carboxylic acids is 2. The monoisotopic (exact) mass is 304 g/mol. The van der Waals surface area contributed by atoms with E-state index >= 15 is 0 Å². The third-order valence-corrected chi connectivity index (χ3v) is 4.26. The topological polar surface area (TPSA) is 72.6 Å². The van der Waals surface area contributed by atoms with Crippen LogP contribution in [0.2, 0.25) is 0 Å². The van der Waals surface area contributed by atoms with Crippen LogP contribution in [0, 0.1) is 5.92 Å². The maximum absolute atomic E-state index is 12.5. The smallest absolute Gasteiger partial charge is 0.251 e. The largest absolute Gasteiger partial charge is 0.369 e. The van der Waals surface area contributed by atoms with Gasteiger partial charge in [-0.05, 0) is 32.3 Å². The van der Waals surface area contributed by atoms with Crippen molar-refractivity contribution in [2.24, 2.45) is 11.7 Å². The molecule has 1 aromatic carbocycles. The zero-order valence-corrected chi connectivity index (χ0v) is 13.2. The number of nitrogens with zero attached hydrogens (tertiary/aromatic N) is 1. The van der Waals surface area contributed by atoms with E-state index in [-0.39, 0.29) is 23.8 Å². The Morgan fingerprint density at radius 2 is 2.00 bits per heavy atom. The van der Waals surface area contributed by atoms with Crippen LogP contribution in [0.4, 0.5) is 0 Å². The van der Waals surface area contributed by atoms with Crippen LogP contribution in [0.25, 0.3) is 0 Å². The molecule has 2 amide bonds. The molecule has 0 radical (unpaired) electrons. The van der Waals surface area contributed by atoms with Crippen molar-refractivity contribution in [2.45, 2.75) is 45.4 Å². The second-order valence-electron chi connectivity index (χ2n) is 5.96.